The first-order valence-electron chi connectivity index (χ1n) is 9.37. The molecule has 0 aliphatic carbocycles. The first-order chi connectivity index (χ1) is 14.4. The first-order valence-corrected chi connectivity index (χ1v) is 9.75. The van der Waals surface area contributed by atoms with E-state index in [1.54, 1.807) is 25.1 Å². The van der Waals surface area contributed by atoms with Crippen LogP contribution in [0.15, 0.2) is 53.3 Å². The monoisotopic (exact) mass is 429 g/mol. The topological polar surface area (TPSA) is 84.2 Å². The first kappa shape index (κ1) is 21.7. The van der Waals surface area contributed by atoms with Gasteiger partial charge in [0.2, 0.25) is 5.91 Å². The number of halogens is 2. The third-order valence-corrected chi connectivity index (χ3v) is 4.85. The number of nitrogens with one attached hydrogen (secondary N) is 1. The second kappa shape index (κ2) is 9.65. The number of aliphatic hydroxyl groups excluding tert-OH is 1. The number of hydrogen-bond donors (Lipinski definition) is 2. The number of aromatic nitrogens is 2. The average Bonchev–Trinajstić information content (AvgIpc) is 2.72. The lowest BCUT2D eigenvalue weighted by Crippen LogP contribution is -2.35. The van der Waals surface area contributed by atoms with Gasteiger partial charge in [-0.1, -0.05) is 23.7 Å². The Morgan fingerprint density at radius 2 is 1.97 bits per heavy atom. The van der Waals surface area contributed by atoms with Crippen LogP contribution in [0.3, 0.4) is 0 Å². The molecule has 0 aliphatic rings. The van der Waals surface area contributed by atoms with Crippen molar-refractivity contribution in [3.63, 3.8) is 0 Å². The molecular formula is C22H21ClFN3O3. The Morgan fingerprint density at radius 1 is 1.23 bits per heavy atom. The van der Waals surface area contributed by atoms with Crippen molar-refractivity contribution in [3.8, 4) is 11.4 Å². The molecule has 1 aromatic heterocycles. The van der Waals surface area contributed by atoms with Crippen LogP contribution in [0, 0.1) is 12.7 Å². The van der Waals surface area contributed by atoms with E-state index in [4.69, 9.17) is 11.6 Å². The largest absolute Gasteiger partial charge is 0.396 e. The van der Waals surface area contributed by atoms with Gasteiger partial charge in [-0.15, -0.1) is 0 Å². The zero-order chi connectivity index (χ0) is 21.7. The molecule has 6 nitrogen and oxygen atoms in total. The van der Waals surface area contributed by atoms with Gasteiger partial charge in [-0.25, -0.2) is 9.37 Å². The Bertz CT molecular complexity index is 1110. The molecule has 2 N–H and O–H groups in total. The quantitative estimate of drug-likeness (QED) is 0.605. The molecule has 0 saturated carbocycles. The summed E-state index contributed by atoms with van der Waals surface area (Å²) in [6.45, 7) is 1.44. The molecule has 1 amide bonds. The second-order valence-corrected chi connectivity index (χ2v) is 7.21. The maximum absolute atomic E-state index is 13.3. The van der Waals surface area contributed by atoms with Crippen LogP contribution < -0.4 is 10.9 Å². The van der Waals surface area contributed by atoms with Gasteiger partial charge in [-0.2, -0.15) is 0 Å². The molecule has 0 spiro atoms. The Morgan fingerprint density at radius 3 is 2.63 bits per heavy atom. The lowest BCUT2D eigenvalue weighted by atomic mass is 10.1. The summed E-state index contributed by atoms with van der Waals surface area (Å²) in [6, 6.07) is 12.6. The van der Waals surface area contributed by atoms with Crippen LogP contribution in [0.2, 0.25) is 5.02 Å². The van der Waals surface area contributed by atoms with Gasteiger partial charge in [-0.05, 0) is 48.9 Å². The minimum atomic E-state index is -0.416. The highest BCUT2D eigenvalue weighted by atomic mass is 35.5. The van der Waals surface area contributed by atoms with Crippen LogP contribution in [0.4, 0.5) is 4.39 Å². The van der Waals surface area contributed by atoms with E-state index < -0.39 is 11.4 Å². The van der Waals surface area contributed by atoms with Gasteiger partial charge in [0.25, 0.3) is 5.56 Å². The summed E-state index contributed by atoms with van der Waals surface area (Å²) < 4.78 is 14.6. The number of carbonyl (C=O) groups excluding carboxylic acids is 1. The van der Waals surface area contributed by atoms with Gasteiger partial charge < -0.3 is 10.4 Å². The summed E-state index contributed by atoms with van der Waals surface area (Å²) in [5.41, 5.74) is 1.73. The van der Waals surface area contributed by atoms with Crippen molar-refractivity contribution >= 4 is 17.5 Å². The van der Waals surface area contributed by atoms with Crippen molar-refractivity contribution < 1.29 is 14.3 Å². The van der Waals surface area contributed by atoms with Crippen molar-refractivity contribution in [3.05, 3.63) is 86.5 Å². The van der Waals surface area contributed by atoms with Crippen molar-refractivity contribution in [2.75, 3.05) is 6.61 Å². The fourth-order valence-electron chi connectivity index (χ4n) is 3.11. The molecule has 0 aliphatic heterocycles. The molecule has 0 atom stereocenters. The van der Waals surface area contributed by atoms with E-state index in [0.29, 0.717) is 21.8 Å². The highest BCUT2D eigenvalue weighted by molar-refractivity contribution is 6.30. The Hall–Kier alpha value is -3.03. The van der Waals surface area contributed by atoms with Crippen LogP contribution in [0.5, 0.6) is 0 Å². The molecule has 30 heavy (non-hydrogen) atoms. The number of carbonyl (C=O) groups is 1. The molecule has 0 unspecified atom stereocenters. The number of amides is 1. The van der Waals surface area contributed by atoms with Crippen molar-refractivity contribution in [1.82, 2.24) is 14.9 Å². The minimum Gasteiger partial charge on any atom is -0.396 e. The van der Waals surface area contributed by atoms with Crippen molar-refractivity contribution in [2.24, 2.45) is 0 Å². The molecule has 0 radical (unpaired) electrons. The van der Waals surface area contributed by atoms with E-state index in [0.717, 1.165) is 5.56 Å². The van der Waals surface area contributed by atoms with E-state index in [9.17, 15) is 19.1 Å². The molecular weight excluding hydrogens is 409 g/mol. The molecule has 0 bridgehead atoms. The van der Waals surface area contributed by atoms with E-state index in [1.165, 1.54) is 28.8 Å². The van der Waals surface area contributed by atoms with E-state index in [-0.39, 0.29) is 37.8 Å². The Balaban J connectivity index is 1.92. The average molecular weight is 430 g/mol. The maximum atomic E-state index is 13.3. The SMILES string of the molecule is Cc1nc(-c2ccc(F)cc2)n(CC(=O)NCc2cccc(Cl)c2)c(=O)c1CCO. The van der Waals surface area contributed by atoms with E-state index >= 15 is 0 Å². The van der Waals surface area contributed by atoms with Crippen LogP contribution in [0.1, 0.15) is 16.8 Å². The van der Waals surface area contributed by atoms with Gasteiger partial charge >= 0.3 is 0 Å². The predicted octanol–water partition coefficient (Wildman–Crippen LogP) is 2.86. The summed E-state index contributed by atoms with van der Waals surface area (Å²) in [5.74, 6) is -0.543. The highest BCUT2D eigenvalue weighted by Crippen LogP contribution is 2.18. The van der Waals surface area contributed by atoms with Crippen molar-refractivity contribution in [1.29, 1.82) is 0 Å². The van der Waals surface area contributed by atoms with Crippen LogP contribution in [0.25, 0.3) is 11.4 Å². The summed E-state index contributed by atoms with van der Waals surface area (Å²) in [4.78, 5) is 30.1. The fraction of sp³-hybridized carbons (Fsp3) is 0.227. The predicted molar refractivity (Wildman–Crippen MR) is 113 cm³/mol. The molecule has 2 aromatic carbocycles. The molecule has 3 aromatic rings. The number of aryl methyl sites for hydroxylation is 1. The fourth-order valence-corrected chi connectivity index (χ4v) is 3.33. The number of rotatable bonds is 7. The number of nitrogens with zero attached hydrogens (tertiary/aromatic N) is 2. The molecule has 1 heterocycles. The third kappa shape index (κ3) is 5.11. The smallest absolute Gasteiger partial charge is 0.257 e. The Labute approximate surface area is 178 Å². The lowest BCUT2D eigenvalue weighted by Gasteiger charge is -2.16. The van der Waals surface area contributed by atoms with Gasteiger partial charge in [0.05, 0.1) is 0 Å². The molecule has 0 fully saturated rings. The molecule has 156 valence electrons. The summed E-state index contributed by atoms with van der Waals surface area (Å²) >= 11 is 5.96. The van der Waals surface area contributed by atoms with Crippen molar-refractivity contribution in [2.45, 2.75) is 26.4 Å². The van der Waals surface area contributed by atoms with Crippen LogP contribution in [-0.4, -0.2) is 27.2 Å². The summed E-state index contributed by atoms with van der Waals surface area (Å²) in [5, 5.41) is 12.6. The zero-order valence-corrected chi connectivity index (χ0v) is 17.1. The molecule has 3 rings (SSSR count). The lowest BCUT2D eigenvalue weighted by molar-refractivity contribution is -0.121. The molecule has 0 saturated heterocycles. The van der Waals surface area contributed by atoms with E-state index in [2.05, 4.69) is 10.3 Å². The normalized spacial score (nSPS) is 10.8. The summed E-state index contributed by atoms with van der Waals surface area (Å²) in [7, 11) is 0. The molecule has 8 heteroatoms. The van der Waals surface area contributed by atoms with Gasteiger partial charge in [-0.3, -0.25) is 14.2 Å². The zero-order valence-electron chi connectivity index (χ0n) is 16.4. The number of aliphatic hydroxyl groups is 1. The summed E-state index contributed by atoms with van der Waals surface area (Å²) in [6.07, 6.45) is 0.130. The minimum absolute atomic E-state index is 0.130. The Kier molecular flexibility index (Phi) is 6.97. The standard InChI is InChI=1S/C22H21ClFN3O3/c1-14-19(9-10-28)22(30)27(21(26-14)16-5-7-18(24)8-6-16)13-20(29)25-12-15-3-2-4-17(23)11-15/h2-8,11,28H,9-10,12-13H2,1H3,(H,25,29). The van der Waals surface area contributed by atoms with E-state index in [1.807, 2.05) is 6.07 Å². The van der Waals surface area contributed by atoms with Crippen LogP contribution in [-0.2, 0) is 24.3 Å². The second-order valence-electron chi connectivity index (χ2n) is 6.78. The van der Waals surface area contributed by atoms with Gasteiger partial charge in [0.1, 0.15) is 18.2 Å². The van der Waals surface area contributed by atoms with Crippen LogP contribution >= 0.6 is 11.6 Å². The van der Waals surface area contributed by atoms with Gasteiger partial charge in [0.15, 0.2) is 0 Å². The third-order valence-electron chi connectivity index (χ3n) is 4.61. The maximum Gasteiger partial charge on any atom is 0.257 e. The highest BCUT2D eigenvalue weighted by Gasteiger charge is 2.17. The number of hydrogen-bond acceptors (Lipinski definition) is 4. The van der Waals surface area contributed by atoms with Gasteiger partial charge in [0, 0.05) is 41.4 Å². The number of benzene rings is 2.